The van der Waals surface area contributed by atoms with Crippen LogP contribution in [0.2, 0.25) is 10.0 Å². The first-order valence-corrected chi connectivity index (χ1v) is 10.8. The predicted molar refractivity (Wildman–Crippen MR) is 123 cm³/mol. The van der Waals surface area contributed by atoms with Crippen molar-refractivity contribution in [2.75, 3.05) is 11.1 Å². The van der Waals surface area contributed by atoms with Crippen LogP contribution in [0.15, 0.2) is 88.5 Å². The molecule has 0 aliphatic heterocycles. The third kappa shape index (κ3) is 4.70. The number of nitrogens with one attached hydrogen (secondary N) is 1. The Bertz CT molecular complexity index is 1090. The lowest BCUT2D eigenvalue weighted by atomic mass is 10.1. The van der Waals surface area contributed by atoms with E-state index in [0.29, 0.717) is 26.7 Å². The molecule has 4 aromatic rings. The van der Waals surface area contributed by atoms with Crippen LogP contribution in [0.4, 0.5) is 5.69 Å². The Morgan fingerprint density at radius 1 is 0.867 bits per heavy atom. The van der Waals surface area contributed by atoms with Crippen LogP contribution in [0.1, 0.15) is 0 Å². The summed E-state index contributed by atoms with van der Waals surface area (Å²) in [5.41, 5.74) is 3.00. The van der Waals surface area contributed by atoms with Gasteiger partial charge in [0.15, 0.2) is 5.76 Å². The van der Waals surface area contributed by atoms with Crippen LogP contribution in [-0.4, -0.2) is 16.6 Å². The monoisotopic (exact) mass is 454 g/mol. The molecule has 4 nitrogen and oxygen atoms in total. The van der Waals surface area contributed by atoms with E-state index in [9.17, 15) is 4.79 Å². The van der Waals surface area contributed by atoms with E-state index in [4.69, 9.17) is 27.6 Å². The van der Waals surface area contributed by atoms with Gasteiger partial charge in [-0.05, 0) is 12.1 Å². The minimum absolute atomic E-state index is 0.102. The summed E-state index contributed by atoms with van der Waals surface area (Å²) in [4.78, 5) is 17.0. The molecule has 0 spiro atoms. The lowest BCUT2D eigenvalue weighted by Crippen LogP contribution is -2.14. The maximum Gasteiger partial charge on any atom is 0.257 e. The Morgan fingerprint density at radius 3 is 2.10 bits per heavy atom. The summed E-state index contributed by atoms with van der Waals surface area (Å²) in [6.45, 7) is 0. The maximum absolute atomic E-state index is 12.4. The van der Waals surface area contributed by atoms with Gasteiger partial charge in [0.2, 0.25) is 5.91 Å². The van der Waals surface area contributed by atoms with Gasteiger partial charge in [-0.3, -0.25) is 4.79 Å². The fourth-order valence-corrected chi connectivity index (χ4v) is 3.98. The number of aromatic nitrogens is 1. The van der Waals surface area contributed by atoms with E-state index in [1.54, 1.807) is 18.2 Å². The molecule has 1 aromatic heterocycles. The minimum atomic E-state index is -0.254. The highest BCUT2D eigenvalue weighted by Crippen LogP contribution is 2.36. The summed E-state index contributed by atoms with van der Waals surface area (Å²) in [7, 11) is 0. The molecule has 1 N–H and O–H groups in total. The molecule has 0 radical (unpaired) electrons. The van der Waals surface area contributed by atoms with Gasteiger partial charge in [-0.2, -0.15) is 0 Å². The van der Waals surface area contributed by atoms with E-state index >= 15 is 0 Å². The number of rotatable bonds is 6. The second-order valence-electron chi connectivity index (χ2n) is 6.32. The molecule has 0 aliphatic carbocycles. The SMILES string of the molecule is O=C(CSc1nc(-c2ccccc2)c(-c2ccccc2)o1)Nc1c(Cl)cccc1Cl. The number of carbonyl (C=O) groups is 1. The zero-order chi connectivity index (χ0) is 20.9. The average Bonchev–Trinajstić information content (AvgIpc) is 3.21. The molecule has 0 bridgehead atoms. The van der Waals surface area contributed by atoms with Gasteiger partial charge in [0, 0.05) is 11.1 Å². The molecule has 7 heteroatoms. The van der Waals surface area contributed by atoms with Crippen molar-refractivity contribution < 1.29 is 9.21 Å². The van der Waals surface area contributed by atoms with E-state index < -0.39 is 0 Å². The maximum atomic E-state index is 12.4. The third-order valence-electron chi connectivity index (χ3n) is 4.24. The number of halogens is 2. The largest absolute Gasteiger partial charge is 0.431 e. The van der Waals surface area contributed by atoms with Crippen molar-refractivity contribution in [3.63, 3.8) is 0 Å². The second-order valence-corrected chi connectivity index (χ2v) is 8.06. The highest BCUT2D eigenvalue weighted by atomic mass is 35.5. The number of benzene rings is 3. The molecule has 150 valence electrons. The first-order chi connectivity index (χ1) is 14.6. The van der Waals surface area contributed by atoms with Crippen molar-refractivity contribution >= 4 is 46.6 Å². The Kier molecular flexibility index (Phi) is 6.43. The van der Waals surface area contributed by atoms with Crippen LogP contribution in [-0.2, 0) is 4.79 Å². The summed E-state index contributed by atoms with van der Waals surface area (Å²) in [5.74, 6) is 0.513. The highest BCUT2D eigenvalue weighted by Gasteiger charge is 2.18. The number of nitrogens with zero attached hydrogens (tertiary/aromatic N) is 1. The summed E-state index contributed by atoms with van der Waals surface area (Å²) in [5, 5.41) is 3.92. The van der Waals surface area contributed by atoms with Crippen molar-refractivity contribution in [3.05, 3.63) is 88.9 Å². The lowest BCUT2D eigenvalue weighted by Gasteiger charge is -2.08. The number of hydrogen-bond acceptors (Lipinski definition) is 4. The topological polar surface area (TPSA) is 55.1 Å². The standard InChI is InChI=1S/C23H16Cl2N2O2S/c24-17-12-7-13-18(25)21(17)26-19(28)14-30-23-27-20(15-8-3-1-4-9-15)22(29-23)16-10-5-2-6-11-16/h1-13H,14H2,(H,26,28). The second kappa shape index (κ2) is 9.39. The fourth-order valence-electron chi connectivity index (χ4n) is 2.86. The van der Waals surface area contributed by atoms with Crippen LogP contribution in [0.5, 0.6) is 0 Å². The number of para-hydroxylation sites is 1. The number of carbonyl (C=O) groups excluding carboxylic acids is 1. The number of anilines is 1. The molecule has 0 unspecified atom stereocenters. The molecule has 0 aliphatic rings. The Morgan fingerprint density at radius 2 is 1.47 bits per heavy atom. The van der Waals surface area contributed by atoms with Gasteiger partial charge in [-0.25, -0.2) is 4.98 Å². The van der Waals surface area contributed by atoms with Gasteiger partial charge in [0.25, 0.3) is 5.22 Å². The van der Waals surface area contributed by atoms with Gasteiger partial charge >= 0.3 is 0 Å². The quantitative estimate of drug-likeness (QED) is 0.317. The Labute approximate surface area is 188 Å². The molecular weight excluding hydrogens is 439 g/mol. The zero-order valence-electron chi connectivity index (χ0n) is 15.6. The number of oxazole rings is 1. The fraction of sp³-hybridized carbons (Fsp3) is 0.0435. The summed E-state index contributed by atoms with van der Waals surface area (Å²) in [6.07, 6.45) is 0. The molecule has 1 amide bonds. The normalized spacial score (nSPS) is 10.7. The molecule has 30 heavy (non-hydrogen) atoms. The van der Waals surface area contributed by atoms with E-state index in [0.717, 1.165) is 16.8 Å². The lowest BCUT2D eigenvalue weighted by molar-refractivity contribution is -0.113. The van der Waals surface area contributed by atoms with E-state index in [-0.39, 0.29) is 11.7 Å². The van der Waals surface area contributed by atoms with Gasteiger partial charge < -0.3 is 9.73 Å². The van der Waals surface area contributed by atoms with E-state index in [2.05, 4.69) is 10.3 Å². The van der Waals surface area contributed by atoms with Gasteiger partial charge in [-0.15, -0.1) is 0 Å². The summed E-state index contributed by atoms with van der Waals surface area (Å²) in [6, 6.07) is 24.6. The summed E-state index contributed by atoms with van der Waals surface area (Å²) < 4.78 is 6.02. The smallest absolute Gasteiger partial charge is 0.257 e. The molecule has 1 heterocycles. The van der Waals surface area contributed by atoms with Crippen LogP contribution in [0, 0.1) is 0 Å². The molecular formula is C23H16Cl2N2O2S. The molecule has 3 aromatic carbocycles. The molecule has 0 fully saturated rings. The van der Waals surface area contributed by atoms with Crippen molar-refractivity contribution in [2.24, 2.45) is 0 Å². The minimum Gasteiger partial charge on any atom is -0.431 e. The zero-order valence-corrected chi connectivity index (χ0v) is 18.0. The van der Waals surface area contributed by atoms with Crippen LogP contribution < -0.4 is 5.32 Å². The van der Waals surface area contributed by atoms with Crippen molar-refractivity contribution in [2.45, 2.75) is 5.22 Å². The van der Waals surface area contributed by atoms with Crippen LogP contribution >= 0.6 is 35.0 Å². The van der Waals surface area contributed by atoms with Crippen LogP contribution in [0.3, 0.4) is 0 Å². The predicted octanol–water partition coefficient (Wildman–Crippen LogP) is 7.05. The molecule has 0 saturated heterocycles. The van der Waals surface area contributed by atoms with Crippen molar-refractivity contribution in [3.8, 4) is 22.6 Å². The molecule has 4 rings (SSSR count). The highest BCUT2D eigenvalue weighted by molar-refractivity contribution is 7.99. The molecule has 0 saturated carbocycles. The number of amides is 1. The number of hydrogen-bond donors (Lipinski definition) is 1. The first kappa shape index (κ1) is 20.5. The van der Waals surface area contributed by atoms with Gasteiger partial charge in [-0.1, -0.05) is 102 Å². The van der Waals surface area contributed by atoms with Crippen molar-refractivity contribution in [1.29, 1.82) is 0 Å². The van der Waals surface area contributed by atoms with Crippen molar-refractivity contribution in [1.82, 2.24) is 4.98 Å². The first-order valence-electron chi connectivity index (χ1n) is 9.10. The number of thioether (sulfide) groups is 1. The van der Waals surface area contributed by atoms with Crippen LogP contribution in [0.25, 0.3) is 22.6 Å². The average molecular weight is 455 g/mol. The third-order valence-corrected chi connectivity index (χ3v) is 5.70. The van der Waals surface area contributed by atoms with E-state index in [1.165, 1.54) is 11.8 Å². The molecule has 0 atom stereocenters. The summed E-state index contributed by atoms with van der Waals surface area (Å²) >= 11 is 13.4. The Hall–Kier alpha value is -2.73. The van der Waals surface area contributed by atoms with Gasteiger partial charge in [0.05, 0.1) is 21.5 Å². The van der Waals surface area contributed by atoms with Gasteiger partial charge in [0.1, 0.15) is 5.69 Å². The van der Waals surface area contributed by atoms with E-state index in [1.807, 2.05) is 60.7 Å². The Balaban J connectivity index is 1.55.